The number of hydrogen-bond acceptors (Lipinski definition) is 2. The SMILES string of the molecule is CC(=O)C(C(=O)O)C1CCCCC1. The Balaban J connectivity index is 2.62. The number of carboxylic acids is 1. The molecule has 0 radical (unpaired) electrons. The zero-order chi connectivity index (χ0) is 9.84. The fourth-order valence-corrected chi connectivity index (χ4v) is 2.17. The summed E-state index contributed by atoms with van der Waals surface area (Å²) in [5.74, 6) is -1.80. The van der Waals surface area contributed by atoms with Crippen LogP contribution >= 0.6 is 0 Å². The third-order valence-electron chi connectivity index (χ3n) is 2.83. The lowest BCUT2D eigenvalue weighted by Crippen LogP contribution is -2.31. The quantitative estimate of drug-likeness (QED) is 0.681. The van der Waals surface area contributed by atoms with E-state index >= 15 is 0 Å². The molecule has 0 aliphatic heterocycles. The van der Waals surface area contributed by atoms with Gasteiger partial charge in [-0.3, -0.25) is 9.59 Å². The minimum Gasteiger partial charge on any atom is -0.481 e. The van der Waals surface area contributed by atoms with Gasteiger partial charge < -0.3 is 5.11 Å². The van der Waals surface area contributed by atoms with Crippen molar-refractivity contribution in [3.63, 3.8) is 0 Å². The molecule has 0 heterocycles. The fraction of sp³-hybridized carbons (Fsp3) is 0.800. The van der Waals surface area contributed by atoms with Gasteiger partial charge in [0, 0.05) is 0 Å². The Morgan fingerprint density at radius 3 is 2.15 bits per heavy atom. The van der Waals surface area contributed by atoms with Gasteiger partial charge in [-0.2, -0.15) is 0 Å². The fourth-order valence-electron chi connectivity index (χ4n) is 2.17. The highest BCUT2D eigenvalue weighted by molar-refractivity contribution is 5.97. The van der Waals surface area contributed by atoms with Crippen molar-refractivity contribution in [1.82, 2.24) is 0 Å². The number of carbonyl (C=O) groups is 2. The molecule has 1 fully saturated rings. The third-order valence-corrected chi connectivity index (χ3v) is 2.83. The van der Waals surface area contributed by atoms with E-state index in [1.54, 1.807) is 0 Å². The summed E-state index contributed by atoms with van der Waals surface area (Å²) in [6.07, 6.45) is 5.12. The van der Waals surface area contributed by atoms with Crippen molar-refractivity contribution in [2.45, 2.75) is 39.0 Å². The van der Waals surface area contributed by atoms with Crippen LogP contribution in [-0.2, 0) is 9.59 Å². The van der Waals surface area contributed by atoms with Crippen LogP contribution in [0.1, 0.15) is 39.0 Å². The lowest BCUT2D eigenvalue weighted by molar-refractivity contribution is -0.148. The van der Waals surface area contributed by atoms with Crippen LogP contribution < -0.4 is 0 Å². The first-order valence-electron chi connectivity index (χ1n) is 4.86. The van der Waals surface area contributed by atoms with E-state index in [1.165, 1.54) is 13.3 Å². The van der Waals surface area contributed by atoms with E-state index in [9.17, 15) is 9.59 Å². The van der Waals surface area contributed by atoms with E-state index in [2.05, 4.69) is 0 Å². The zero-order valence-electron chi connectivity index (χ0n) is 7.95. The monoisotopic (exact) mass is 184 g/mol. The summed E-state index contributed by atoms with van der Waals surface area (Å²) < 4.78 is 0. The molecule has 0 spiro atoms. The minimum atomic E-state index is -0.945. The second kappa shape index (κ2) is 4.40. The maximum atomic E-state index is 11.1. The van der Waals surface area contributed by atoms with Crippen LogP contribution in [0, 0.1) is 11.8 Å². The van der Waals surface area contributed by atoms with Crippen LogP contribution in [0.25, 0.3) is 0 Å². The van der Waals surface area contributed by atoms with Crippen molar-refractivity contribution in [3.8, 4) is 0 Å². The number of Topliss-reactive ketones (excluding diaryl/α,β-unsaturated/α-hetero) is 1. The Hall–Kier alpha value is -0.860. The van der Waals surface area contributed by atoms with Crippen LogP contribution in [0.2, 0.25) is 0 Å². The van der Waals surface area contributed by atoms with Crippen LogP contribution in [-0.4, -0.2) is 16.9 Å². The van der Waals surface area contributed by atoms with Crippen LogP contribution in [0.5, 0.6) is 0 Å². The van der Waals surface area contributed by atoms with E-state index in [0.29, 0.717) is 0 Å². The summed E-state index contributed by atoms with van der Waals surface area (Å²) in [5.41, 5.74) is 0. The van der Waals surface area contributed by atoms with Crippen molar-refractivity contribution in [2.75, 3.05) is 0 Å². The van der Waals surface area contributed by atoms with Gasteiger partial charge in [0.1, 0.15) is 11.7 Å². The molecule has 1 unspecified atom stereocenters. The lowest BCUT2D eigenvalue weighted by Gasteiger charge is -2.25. The molecule has 1 rings (SSSR count). The molecule has 0 aromatic heterocycles. The highest BCUT2D eigenvalue weighted by atomic mass is 16.4. The van der Waals surface area contributed by atoms with Gasteiger partial charge >= 0.3 is 5.97 Å². The lowest BCUT2D eigenvalue weighted by atomic mass is 9.78. The molecule has 13 heavy (non-hydrogen) atoms. The number of rotatable bonds is 3. The summed E-state index contributed by atoms with van der Waals surface area (Å²) in [4.78, 5) is 21.9. The molecule has 3 heteroatoms. The molecule has 1 N–H and O–H groups in total. The molecule has 74 valence electrons. The van der Waals surface area contributed by atoms with Crippen LogP contribution in [0.3, 0.4) is 0 Å². The molecular weight excluding hydrogens is 168 g/mol. The molecule has 0 saturated heterocycles. The molecule has 1 atom stereocenters. The Morgan fingerprint density at radius 1 is 1.23 bits per heavy atom. The van der Waals surface area contributed by atoms with Gasteiger partial charge in [0.05, 0.1) is 0 Å². The molecule has 0 aromatic rings. The van der Waals surface area contributed by atoms with Crippen molar-refractivity contribution >= 4 is 11.8 Å². The van der Waals surface area contributed by atoms with E-state index < -0.39 is 11.9 Å². The van der Waals surface area contributed by atoms with Gasteiger partial charge in [-0.1, -0.05) is 19.3 Å². The first-order chi connectivity index (χ1) is 6.13. The first kappa shape index (κ1) is 10.2. The number of hydrogen-bond donors (Lipinski definition) is 1. The standard InChI is InChI=1S/C10H16O3/c1-7(11)9(10(12)13)8-5-3-2-4-6-8/h8-9H,2-6H2,1H3,(H,12,13). The molecule has 1 saturated carbocycles. The summed E-state index contributed by atoms with van der Waals surface area (Å²) in [6.45, 7) is 1.38. The highest BCUT2D eigenvalue weighted by Gasteiger charge is 2.32. The third kappa shape index (κ3) is 2.54. The maximum absolute atomic E-state index is 11.1. The van der Waals surface area contributed by atoms with Gasteiger partial charge in [-0.05, 0) is 25.7 Å². The van der Waals surface area contributed by atoms with E-state index in [4.69, 9.17) is 5.11 Å². The van der Waals surface area contributed by atoms with Crippen molar-refractivity contribution in [3.05, 3.63) is 0 Å². The smallest absolute Gasteiger partial charge is 0.314 e. The summed E-state index contributed by atoms with van der Waals surface area (Å²) in [6, 6.07) is 0. The van der Waals surface area contributed by atoms with Gasteiger partial charge in [-0.25, -0.2) is 0 Å². The molecular formula is C10H16O3. The summed E-state index contributed by atoms with van der Waals surface area (Å²) in [7, 11) is 0. The van der Waals surface area contributed by atoms with E-state index in [-0.39, 0.29) is 11.7 Å². The second-order valence-corrected chi connectivity index (χ2v) is 3.82. The van der Waals surface area contributed by atoms with Crippen molar-refractivity contribution in [1.29, 1.82) is 0 Å². The van der Waals surface area contributed by atoms with Gasteiger partial charge in [0.25, 0.3) is 0 Å². The summed E-state index contributed by atoms with van der Waals surface area (Å²) in [5, 5.41) is 8.88. The minimum absolute atomic E-state index is 0.0868. The first-order valence-corrected chi connectivity index (χ1v) is 4.86. The van der Waals surface area contributed by atoms with Gasteiger partial charge in [0.2, 0.25) is 0 Å². The Kier molecular flexibility index (Phi) is 3.46. The van der Waals surface area contributed by atoms with Crippen molar-refractivity contribution in [2.24, 2.45) is 11.8 Å². The molecule has 1 aliphatic carbocycles. The average molecular weight is 184 g/mol. The van der Waals surface area contributed by atoms with Crippen molar-refractivity contribution < 1.29 is 14.7 Å². The Bertz CT molecular complexity index is 190. The number of carbonyl (C=O) groups excluding carboxylic acids is 1. The van der Waals surface area contributed by atoms with E-state index in [1.807, 2.05) is 0 Å². The zero-order valence-corrected chi connectivity index (χ0v) is 7.95. The molecule has 0 aromatic carbocycles. The highest BCUT2D eigenvalue weighted by Crippen LogP contribution is 2.30. The predicted molar refractivity (Wildman–Crippen MR) is 48.4 cm³/mol. The van der Waals surface area contributed by atoms with Crippen LogP contribution in [0.4, 0.5) is 0 Å². The van der Waals surface area contributed by atoms with Crippen LogP contribution in [0.15, 0.2) is 0 Å². The molecule has 1 aliphatic rings. The van der Waals surface area contributed by atoms with Gasteiger partial charge in [0.15, 0.2) is 0 Å². The molecule has 0 bridgehead atoms. The number of carboxylic acid groups (broad SMARTS) is 1. The molecule has 3 nitrogen and oxygen atoms in total. The molecule has 0 amide bonds. The number of aliphatic carboxylic acids is 1. The van der Waals surface area contributed by atoms with Gasteiger partial charge in [-0.15, -0.1) is 0 Å². The summed E-state index contributed by atoms with van der Waals surface area (Å²) >= 11 is 0. The Morgan fingerprint density at radius 2 is 1.77 bits per heavy atom. The number of ketones is 1. The normalized spacial score (nSPS) is 21.0. The van der Waals surface area contributed by atoms with E-state index in [0.717, 1.165) is 25.7 Å². The second-order valence-electron chi connectivity index (χ2n) is 3.82. The average Bonchev–Trinajstić information content (AvgIpc) is 2.04. The predicted octanol–water partition coefficient (Wildman–Crippen LogP) is 1.86. The maximum Gasteiger partial charge on any atom is 0.314 e. The largest absolute Gasteiger partial charge is 0.481 e. The Labute approximate surface area is 78.1 Å². The topological polar surface area (TPSA) is 54.4 Å².